The highest BCUT2D eigenvalue weighted by Crippen LogP contribution is 2.28. The molecule has 2 aromatic carbocycles. The van der Waals surface area contributed by atoms with Crippen molar-refractivity contribution in [2.75, 3.05) is 23.1 Å². The zero-order valence-corrected chi connectivity index (χ0v) is 16.6. The fourth-order valence-electron chi connectivity index (χ4n) is 2.66. The summed E-state index contributed by atoms with van der Waals surface area (Å²) in [6.07, 6.45) is 2.97. The standard InChI is InChI=1S/C22H23N5O2/c1-5-20(28)24-16-7-6-8-17(12-16)25-21-15(3)13-23-22(27-21)26-18-10-9-14(2)11-19(18)29-4/h5-13H,1H2,2-4H3,(H,24,28)(H2,23,25,26,27). The number of ether oxygens (including phenoxy) is 1. The molecule has 0 aliphatic rings. The lowest BCUT2D eigenvalue weighted by atomic mass is 10.2. The lowest BCUT2D eigenvalue weighted by Gasteiger charge is -2.14. The van der Waals surface area contributed by atoms with Crippen molar-refractivity contribution in [2.24, 2.45) is 0 Å². The molecule has 7 heteroatoms. The largest absolute Gasteiger partial charge is 0.495 e. The Morgan fingerprint density at radius 3 is 2.66 bits per heavy atom. The normalized spacial score (nSPS) is 10.2. The van der Waals surface area contributed by atoms with Gasteiger partial charge in [0.25, 0.3) is 0 Å². The van der Waals surface area contributed by atoms with E-state index in [9.17, 15) is 4.79 Å². The maximum Gasteiger partial charge on any atom is 0.247 e. The van der Waals surface area contributed by atoms with E-state index in [0.29, 0.717) is 23.2 Å². The van der Waals surface area contributed by atoms with Gasteiger partial charge in [0.2, 0.25) is 11.9 Å². The number of benzene rings is 2. The van der Waals surface area contributed by atoms with E-state index in [1.807, 2.05) is 50.2 Å². The Kier molecular flexibility index (Phi) is 6.09. The van der Waals surface area contributed by atoms with Crippen LogP contribution in [0.3, 0.4) is 0 Å². The van der Waals surface area contributed by atoms with Crippen molar-refractivity contribution in [1.82, 2.24) is 9.97 Å². The first kappa shape index (κ1) is 19.9. The van der Waals surface area contributed by atoms with Crippen LogP contribution in [0, 0.1) is 13.8 Å². The van der Waals surface area contributed by atoms with Gasteiger partial charge in [0, 0.05) is 23.1 Å². The van der Waals surface area contributed by atoms with Crippen molar-refractivity contribution >= 4 is 34.7 Å². The first-order valence-electron chi connectivity index (χ1n) is 9.04. The van der Waals surface area contributed by atoms with Gasteiger partial charge in [-0.3, -0.25) is 4.79 Å². The number of carbonyl (C=O) groups is 1. The van der Waals surface area contributed by atoms with E-state index in [1.165, 1.54) is 6.08 Å². The van der Waals surface area contributed by atoms with E-state index in [1.54, 1.807) is 19.4 Å². The highest BCUT2D eigenvalue weighted by molar-refractivity contribution is 5.99. The van der Waals surface area contributed by atoms with Crippen LogP contribution in [0.2, 0.25) is 0 Å². The van der Waals surface area contributed by atoms with Gasteiger partial charge in [-0.1, -0.05) is 18.7 Å². The minimum atomic E-state index is -0.265. The van der Waals surface area contributed by atoms with Crippen LogP contribution in [-0.4, -0.2) is 23.0 Å². The number of hydrogen-bond donors (Lipinski definition) is 3. The molecule has 1 amide bonds. The molecule has 3 aromatic rings. The van der Waals surface area contributed by atoms with Gasteiger partial charge in [0.15, 0.2) is 0 Å². The van der Waals surface area contributed by atoms with Crippen molar-refractivity contribution in [3.63, 3.8) is 0 Å². The third-order valence-corrected chi connectivity index (χ3v) is 4.15. The average molecular weight is 389 g/mol. The topological polar surface area (TPSA) is 88.2 Å². The molecule has 148 valence electrons. The van der Waals surface area contributed by atoms with Gasteiger partial charge in [-0.2, -0.15) is 4.98 Å². The van der Waals surface area contributed by atoms with E-state index >= 15 is 0 Å². The molecule has 0 saturated carbocycles. The molecular weight excluding hydrogens is 366 g/mol. The highest BCUT2D eigenvalue weighted by Gasteiger charge is 2.09. The maximum absolute atomic E-state index is 11.5. The SMILES string of the molecule is C=CC(=O)Nc1cccc(Nc2nc(Nc3ccc(C)cc3OC)ncc2C)c1. The molecule has 0 unspecified atom stereocenters. The van der Waals surface area contributed by atoms with Crippen molar-refractivity contribution in [3.05, 3.63) is 72.4 Å². The molecule has 1 aromatic heterocycles. The molecule has 3 rings (SSSR count). The quantitative estimate of drug-likeness (QED) is 0.507. The molecule has 0 spiro atoms. The van der Waals surface area contributed by atoms with E-state index in [0.717, 1.165) is 22.5 Å². The second-order valence-corrected chi connectivity index (χ2v) is 6.45. The number of carbonyl (C=O) groups excluding carboxylic acids is 1. The number of rotatable bonds is 7. The summed E-state index contributed by atoms with van der Waals surface area (Å²) < 4.78 is 5.43. The smallest absolute Gasteiger partial charge is 0.247 e. The Hall–Kier alpha value is -3.87. The van der Waals surface area contributed by atoms with Gasteiger partial charge in [-0.25, -0.2) is 4.98 Å². The molecule has 0 aliphatic carbocycles. The number of aromatic nitrogens is 2. The molecule has 0 atom stereocenters. The van der Waals surface area contributed by atoms with Crippen molar-refractivity contribution in [1.29, 1.82) is 0 Å². The van der Waals surface area contributed by atoms with E-state index in [-0.39, 0.29) is 5.91 Å². The number of hydrogen-bond acceptors (Lipinski definition) is 6. The molecule has 0 radical (unpaired) electrons. The van der Waals surface area contributed by atoms with Crippen molar-refractivity contribution in [3.8, 4) is 5.75 Å². The second kappa shape index (κ2) is 8.88. The van der Waals surface area contributed by atoms with Crippen LogP contribution in [0.4, 0.5) is 28.8 Å². The van der Waals surface area contributed by atoms with E-state index < -0.39 is 0 Å². The molecule has 1 heterocycles. The van der Waals surface area contributed by atoms with Crippen LogP contribution in [0.5, 0.6) is 5.75 Å². The number of nitrogens with zero attached hydrogens (tertiary/aromatic N) is 2. The number of nitrogens with one attached hydrogen (secondary N) is 3. The van der Waals surface area contributed by atoms with Crippen LogP contribution < -0.4 is 20.7 Å². The minimum Gasteiger partial charge on any atom is -0.495 e. The molecule has 0 bridgehead atoms. The number of amides is 1. The van der Waals surface area contributed by atoms with Crippen LogP contribution >= 0.6 is 0 Å². The summed E-state index contributed by atoms with van der Waals surface area (Å²) in [6.45, 7) is 7.38. The predicted octanol–water partition coefficient (Wildman–Crippen LogP) is 4.71. The predicted molar refractivity (Wildman–Crippen MR) is 116 cm³/mol. The summed E-state index contributed by atoms with van der Waals surface area (Å²) >= 11 is 0. The molecule has 0 fully saturated rings. The van der Waals surface area contributed by atoms with Gasteiger partial charge in [0.05, 0.1) is 12.8 Å². The Morgan fingerprint density at radius 1 is 1.10 bits per heavy atom. The minimum absolute atomic E-state index is 0.265. The fraction of sp³-hybridized carbons (Fsp3) is 0.136. The number of aryl methyl sites for hydroxylation is 2. The van der Waals surface area contributed by atoms with Gasteiger partial charge < -0.3 is 20.7 Å². The molecule has 0 saturated heterocycles. The maximum atomic E-state index is 11.5. The summed E-state index contributed by atoms with van der Waals surface area (Å²) in [5.74, 6) is 1.55. The van der Waals surface area contributed by atoms with Gasteiger partial charge in [0.1, 0.15) is 11.6 Å². The molecule has 7 nitrogen and oxygen atoms in total. The highest BCUT2D eigenvalue weighted by atomic mass is 16.5. The van der Waals surface area contributed by atoms with E-state index in [4.69, 9.17) is 4.74 Å². The average Bonchev–Trinajstić information content (AvgIpc) is 2.72. The van der Waals surface area contributed by atoms with E-state index in [2.05, 4.69) is 32.5 Å². The zero-order valence-electron chi connectivity index (χ0n) is 16.6. The fourth-order valence-corrected chi connectivity index (χ4v) is 2.66. The number of anilines is 5. The Morgan fingerprint density at radius 2 is 1.90 bits per heavy atom. The van der Waals surface area contributed by atoms with Crippen LogP contribution in [0.1, 0.15) is 11.1 Å². The van der Waals surface area contributed by atoms with Gasteiger partial charge in [-0.05, 0) is 55.8 Å². The van der Waals surface area contributed by atoms with Crippen molar-refractivity contribution < 1.29 is 9.53 Å². The Bertz CT molecular complexity index is 1050. The van der Waals surface area contributed by atoms with Gasteiger partial charge in [-0.15, -0.1) is 0 Å². The first-order chi connectivity index (χ1) is 14.0. The lowest BCUT2D eigenvalue weighted by Crippen LogP contribution is -2.07. The summed E-state index contributed by atoms with van der Waals surface area (Å²) in [5, 5.41) is 9.20. The van der Waals surface area contributed by atoms with Crippen LogP contribution in [-0.2, 0) is 4.79 Å². The first-order valence-corrected chi connectivity index (χ1v) is 9.04. The third kappa shape index (κ3) is 5.10. The summed E-state index contributed by atoms with van der Waals surface area (Å²) in [7, 11) is 1.63. The van der Waals surface area contributed by atoms with Crippen molar-refractivity contribution in [2.45, 2.75) is 13.8 Å². The Labute approximate surface area is 169 Å². The summed E-state index contributed by atoms with van der Waals surface area (Å²) in [5.41, 5.74) is 4.21. The van der Waals surface area contributed by atoms with Crippen LogP contribution in [0.15, 0.2) is 61.3 Å². The molecule has 29 heavy (non-hydrogen) atoms. The zero-order chi connectivity index (χ0) is 20.8. The van der Waals surface area contributed by atoms with Gasteiger partial charge >= 0.3 is 0 Å². The third-order valence-electron chi connectivity index (χ3n) is 4.15. The molecule has 0 aliphatic heterocycles. The molecular formula is C22H23N5O2. The monoisotopic (exact) mass is 389 g/mol. The Balaban J connectivity index is 1.82. The summed E-state index contributed by atoms with van der Waals surface area (Å²) in [4.78, 5) is 20.4. The summed E-state index contributed by atoms with van der Waals surface area (Å²) in [6, 6.07) is 13.2. The lowest BCUT2D eigenvalue weighted by molar-refractivity contribution is -0.111. The van der Waals surface area contributed by atoms with Crippen LogP contribution in [0.25, 0.3) is 0 Å². The molecule has 3 N–H and O–H groups in total. The number of methoxy groups -OCH3 is 1. The second-order valence-electron chi connectivity index (χ2n) is 6.45.